The van der Waals surface area contributed by atoms with E-state index in [2.05, 4.69) is 30.5 Å². The number of nitrogens with zero attached hydrogens (tertiary/aromatic N) is 1. The van der Waals surface area contributed by atoms with Crippen molar-refractivity contribution in [2.24, 2.45) is 5.73 Å². The normalized spacial score (nSPS) is 12.0. The molecule has 116 valence electrons. The van der Waals surface area contributed by atoms with Gasteiger partial charge in [-0.15, -0.1) is 11.8 Å². The van der Waals surface area contributed by atoms with Gasteiger partial charge in [-0.1, -0.05) is 42.5 Å². The first-order valence-corrected chi connectivity index (χ1v) is 8.51. The van der Waals surface area contributed by atoms with Crippen molar-refractivity contribution in [2.45, 2.75) is 17.4 Å². The van der Waals surface area contributed by atoms with Gasteiger partial charge in [0.2, 0.25) is 5.91 Å². The Bertz CT molecular complexity index is 598. The van der Waals surface area contributed by atoms with E-state index in [1.165, 1.54) is 4.90 Å². The number of hydrogen-bond acceptors (Lipinski definition) is 3. The molecule has 1 amide bonds. The first kappa shape index (κ1) is 16.6. The van der Waals surface area contributed by atoms with Crippen molar-refractivity contribution in [3.8, 4) is 0 Å². The van der Waals surface area contributed by atoms with E-state index in [0.29, 0.717) is 13.1 Å². The minimum atomic E-state index is -0.281. The molecule has 0 saturated heterocycles. The number of hydrogen-bond donors (Lipinski definition) is 1. The van der Waals surface area contributed by atoms with E-state index in [0.717, 1.165) is 11.1 Å². The topological polar surface area (TPSA) is 46.3 Å². The van der Waals surface area contributed by atoms with Gasteiger partial charge in [0.15, 0.2) is 0 Å². The van der Waals surface area contributed by atoms with Crippen molar-refractivity contribution in [1.82, 2.24) is 4.90 Å². The summed E-state index contributed by atoms with van der Waals surface area (Å²) in [4.78, 5) is 15.6. The van der Waals surface area contributed by atoms with Crippen molar-refractivity contribution in [3.05, 3.63) is 65.7 Å². The third-order valence-corrected chi connectivity index (χ3v) is 4.43. The molecule has 0 spiro atoms. The van der Waals surface area contributed by atoms with Crippen molar-refractivity contribution in [3.63, 3.8) is 0 Å². The Labute approximate surface area is 136 Å². The van der Waals surface area contributed by atoms with Gasteiger partial charge < -0.3 is 10.6 Å². The van der Waals surface area contributed by atoms with Gasteiger partial charge >= 0.3 is 0 Å². The maximum absolute atomic E-state index is 12.6. The first-order chi connectivity index (χ1) is 10.7. The molecule has 0 aliphatic heterocycles. The fraction of sp³-hybridized carbons (Fsp3) is 0.278. The van der Waals surface area contributed by atoms with Crippen LogP contribution in [0.2, 0.25) is 0 Å². The summed E-state index contributed by atoms with van der Waals surface area (Å²) in [5.41, 5.74) is 7.92. The average Bonchev–Trinajstić information content (AvgIpc) is 2.57. The smallest absolute Gasteiger partial charge is 0.231 e. The molecule has 1 atom stereocenters. The number of benzene rings is 2. The van der Waals surface area contributed by atoms with E-state index in [9.17, 15) is 4.79 Å². The summed E-state index contributed by atoms with van der Waals surface area (Å²) in [7, 11) is 1.83. The predicted octanol–water partition coefficient (Wildman–Crippen LogP) is 3.11. The minimum Gasteiger partial charge on any atom is -0.341 e. The molecule has 4 heteroatoms. The van der Waals surface area contributed by atoms with Crippen LogP contribution < -0.4 is 5.73 Å². The lowest BCUT2D eigenvalue weighted by molar-refractivity contribution is -0.131. The number of nitrogens with two attached hydrogens (primary N) is 1. The first-order valence-electron chi connectivity index (χ1n) is 7.28. The Hall–Kier alpha value is -1.78. The van der Waals surface area contributed by atoms with Gasteiger partial charge in [0, 0.05) is 25.0 Å². The molecule has 0 radical (unpaired) electrons. The average molecular weight is 314 g/mol. The number of carbonyl (C=O) groups is 1. The van der Waals surface area contributed by atoms with E-state index < -0.39 is 0 Å². The molecule has 2 aromatic rings. The van der Waals surface area contributed by atoms with Gasteiger partial charge in [-0.3, -0.25) is 4.79 Å². The van der Waals surface area contributed by atoms with Crippen molar-refractivity contribution in [2.75, 3.05) is 19.8 Å². The lowest BCUT2D eigenvalue weighted by Gasteiger charge is -2.23. The van der Waals surface area contributed by atoms with Crippen molar-refractivity contribution in [1.29, 1.82) is 0 Å². The summed E-state index contributed by atoms with van der Waals surface area (Å²) < 4.78 is 0. The third kappa shape index (κ3) is 4.12. The lowest BCUT2D eigenvalue weighted by atomic mass is 9.97. The van der Waals surface area contributed by atoms with Crippen LogP contribution in [0.25, 0.3) is 0 Å². The van der Waals surface area contributed by atoms with Gasteiger partial charge in [-0.05, 0) is 29.5 Å². The van der Waals surface area contributed by atoms with E-state index in [1.807, 2.05) is 37.4 Å². The molecule has 22 heavy (non-hydrogen) atoms. The molecule has 0 aliphatic carbocycles. The highest BCUT2D eigenvalue weighted by Crippen LogP contribution is 2.19. The second-order valence-electron chi connectivity index (χ2n) is 5.24. The van der Waals surface area contributed by atoms with Crippen LogP contribution in [0, 0.1) is 0 Å². The highest BCUT2D eigenvalue weighted by Gasteiger charge is 2.22. The standard InChI is InChI=1S/C18H22N2OS/c1-20(13-14-8-10-16(22-2)11-9-14)18(21)17(12-19)15-6-4-3-5-7-15/h3-11,17H,12-13,19H2,1-2H3. The zero-order valence-electron chi connectivity index (χ0n) is 13.0. The summed E-state index contributed by atoms with van der Waals surface area (Å²) in [6.07, 6.45) is 2.05. The van der Waals surface area contributed by atoms with Crippen LogP contribution in [-0.2, 0) is 11.3 Å². The quantitative estimate of drug-likeness (QED) is 0.833. The summed E-state index contributed by atoms with van der Waals surface area (Å²) in [5, 5.41) is 0. The highest BCUT2D eigenvalue weighted by molar-refractivity contribution is 7.98. The fourth-order valence-electron chi connectivity index (χ4n) is 2.41. The van der Waals surface area contributed by atoms with Crippen LogP contribution in [0.4, 0.5) is 0 Å². The van der Waals surface area contributed by atoms with Crippen LogP contribution >= 0.6 is 11.8 Å². The minimum absolute atomic E-state index is 0.0580. The molecule has 0 heterocycles. The fourth-order valence-corrected chi connectivity index (χ4v) is 2.82. The van der Waals surface area contributed by atoms with E-state index in [-0.39, 0.29) is 11.8 Å². The van der Waals surface area contributed by atoms with E-state index >= 15 is 0 Å². The predicted molar refractivity (Wildman–Crippen MR) is 92.9 cm³/mol. The largest absolute Gasteiger partial charge is 0.341 e. The van der Waals surface area contributed by atoms with Gasteiger partial charge in [0.1, 0.15) is 0 Å². The molecule has 0 saturated carbocycles. The number of likely N-dealkylation sites (N-methyl/N-ethyl adjacent to an activating group) is 1. The van der Waals surface area contributed by atoms with Gasteiger partial charge in [-0.25, -0.2) is 0 Å². The van der Waals surface area contributed by atoms with Gasteiger partial charge in [0.05, 0.1) is 5.92 Å². The monoisotopic (exact) mass is 314 g/mol. The molecule has 3 nitrogen and oxygen atoms in total. The van der Waals surface area contributed by atoms with Crippen molar-refractivity contribution < 1.29 is 4.79 Å². The van der Waals surface area contributed by atoms with Gasteiger partial charge in [0.25, 0.3) is 0 Å². The Balaban J connectivity index is 2.06. The van der Waals surface area contributed by atoms with Crippen LogP contribution in [0.3, 0.4) is 0 Å². The third-order valence-electron chi connectivity index (χ3n) is 3.69. The van der Waals surface area contributed by atoms with Crippen molar-refractivity contribution >= 4 is 17.7 Å². The van der Waals surface area contributed by atoms with E-state index in [4.69, 9.17) is 5.73 Å². The van der Waals surface area contributed by atoms with E-state index in [1.54, 1.807) is 16.7 Å². The second-order valence-corrected chi connectivity index (χ2v) is 6.12. The number of thioether (sulfide) groups is 1. The summed E-state index contributed by atoms with van der Waals surface area (Å²) >= 11 is 1.71. The molecule has 0 aromatic heterocycles. The molecule has 1 unspecified atom stereocenters. The molecular weight excluding hydrogens is 292 g/mol. The van der Waals surface area contributed by atoms with Crippen LogP contribution in [-0.4, -0.2) is 30.7 Å². The van der Waals surface area contributed by atoms with Gasteiger partial charge in [-0.2, -0.15) is 0 Å². The highest BCUT2D eigenvalue weighted by atomic mass is 32.2. The zero-order chi connectivity index (χ0) is 15.9. The summed E-state index contributed by atoms with van der Waals surface area (Å²) in [5.74, 6) is -0.223. The molecule has 2 rings (SSSR count). The summed E-state index contributed by atoms with van der Waals surface area (Å²) in [6, 6.07) is 18.0. The molecule has 0 aliphatic rings. The van der Waals surface area contributed by atoms with Crippen LogP contribution in [0.1, 0.15) is 17.0 Å². The van der Waals surface area contributed by atoms with Crippen LogP contribution in [0.15, 0.2) is 59.5 Å². The summed E-state index contributed by atoms with van der Waals surface area (Å²) in [6.45, 7) is 0.912. The maximum atomic E-state index is 12.6. The Morgan fingerprint density at radius 2 is 1.77 bits per heavy atom. The Kier molecular flexibility index (Phi) is 6.04. The Morgan fingerprint density at radius 3 is 2.32 bits per heavy atom. The van der Waals surface area contributed by atoms with Crippen LogP contribution in [0.5, 0.6) is 0 Å². The molecule has 0 fully saturated rings. The Morgan fingerprint density at radius 1 is 1.14 bits per heavy atom. The lowest BCUT2D eigenvalue weighted by Crippen LogP contribution is -2.34. The molecule has 0 bridgehead atoms. The molecule has 2 aromatic carbocycles. The molecule has 2 N–H and O–H groups in total. The molecular formula is C18H22N2OS. The zero-order valence-corrected chi connectivity index (χ0v) is 13.8. The number of amides is 1. The SMILES string of the molecule is CSc1ccc(CN(C)C(=O)C(CN)c2ccccc2)cc1. The maximum Gasteiger partial charge on any atom is 0.231 e. The number of carbonyl (C=O) groups excluding carboxylic acids is 1. The second kappa shape index (κ2) is 8.01. The number of rotatable bonds is 6.